The van der Waals surface area contributed by atoms with E-state index in [1.54, 1.807) is 10.9 Å². The van der Waals surface area contributed by atoms with E-state index in [4.69, 9.17) is 11.6 Å². The van der Waals surface area contributed by atoms with Gasteiger partial charge in [0.1, 0.15) is 6.33 Å². The first-order chi connectivity index (χ1) is 11.5. The lowest BCUT2D eigenvalue weighted by atomic mass is 9.64. The number of rotatable bonds is 5. The molecule has 1 aromatic carbocycles. The van der Waals surface area contributed by atoms with Crippen molar-refractivity contribution in [3.05, 3.63) is 47.0 Å². The third kappa shape index (κ3) is 3.38. The van der Waals surface area contributed by atoms with Crippen molar-refractivity contribution in [3.63, 3.8) is 0 Å². The average molecular weight is 348 g/mol. The Morgan fingerprint density at radius 3 is 2.62 bits per heavy atom. The molecule has 1 saturated carbocycles. The fraction of sp³-hybridized carbons (Fsp3) is 0.471. The Morgan fingerprint density at radius 1 is 1.38 bits per heavy atom. The molecular weight excluding hydrogens is 326 g/mol. The second-order valence-electron chi connectivity index (χ2n) is 6.49. The van der Waals surface area contributed by atoms with Gasteiger partial charge in [-0.2, -0.15) is 0 Å². The van der Waals surface area contributed by atoms with E-state index >= 15 is 0 Å². The molecule has 2 aromatic rings. The monoisotopic (exact) mass is 347 g/mol. The van der Waals surface area contributed by atoms with Crippen molar-refractivity contribution in [2.24, 2.45) is 7.05 Å². The first-order valence-corrected chi connectivity index (χ1v) is 8.52. The first kappa shape index (κ1) is 16.8. The number of benzene rings is 1. The van der Waals surface area contributed by atoms with Crippen LogP contribution in [0.4, 0.5) is 4.79 Å². The van der Waals surface area contributed by atoms with E-state index in [9.17, 15) is 4.79 Å². The van der Waals surface area contributed by atoms with Gasteiger partial charge in [-0.05, 0) is 37.5 Å². The molecule has 128 valence electrons. The lowest BCUT2D eigenvalue weighted by Crippen LogP contribution is -2.48. The standard InChI is InChI=1S/C17H22ClN5O/c1-12(15-22-20-11-23(15)2)21-16(24)19-10-17(8-3-9-17)13-4-6-14(18)7-5-13/h4-7,11-12H,3,8-10H2,1-2H3,(H2,19,21,24)/t12-/m1/s1. The van der Waals surface area contributed by atoms with E-state index in [0.717, 1.165) is 23.7 Å². The summed E-state index contributed by atoms with van der Waals surface area (Å²) in [7, 11) is 1.86. The maximum Gasteiger partial charge on any atom is 0.315 e. The van der Waals surface area contributed by atoms with Gasteiger partial charge in [0.05, 0.1) is 6.04 Å². The molecule has 3 rings (SSSR count). The highest BCUT2D eigenvalue weighted by atomic mass is 35.5. The number of urea groups is 1. The Labute approximate surface area is 146 Å². The molecule has 0 radical (unpaired) electrons. The predicted octanol–water partition coefficient (Wildman–Crippen LogP) is 2.95. The maximum atomic E-state index is 12.2. The minimum Gasteiger partial charge on any atom is -0.337 e. The average Bonchev–Trinajstić information content (AvgIpc) is 2.94. The quantitative estimate of drug-likeness (QED) is 0.873. The normalized spacial score (nSPS) is 17.0. The van der Waals surface area contributed by atoms with E-state index in [2.05, 4.69) is 33.0 Å². The molecule has 1 heterocycles. The third-order valence-electron chi connectivity index (χ3n) is 4.84. The van der Waals surface area contributed by atoms with Gasteiger partial charge >= 0.3 is 6.03 Å². The van der Waals surface area contributed by atoms with Crippen LogP contribution in [-0.2, 0) is 12.5 Å². The fourth-order valence-corrected chi connectivity index (χ4v) is 3.35. The third-order valence-corrected chi connectivity index (χ3v) is 5.09. The number of aromatic nitrogens is 3. The summed E-state index contributed by atoms with van der Waals surface area (Å²) in [6.07, 6.45) is 4.96. The van der Waals surface area contributed by atoms with E-state index in [1.807, 2.05) is 26.1 Å². The zero-order chi connectivity index (χ0) is 17.2. The highest BCUT2D eigenvalue weighted by Gasteiger charge is 2.38. The Kier molecular flexibility index (Phi) is 4.76. The number of nitrogens with zero attached hydrogens (tertiary/aromatic N) is 3. The van der Waals surface area contributed by atoms with Crippen LogP contribution in [0, 0.1) is 0 Å². The number of carbonyl (C=O) groups excluding carboxylic acids is 1. The van der Waals surface area contributed by atoms with Crippen molar-refractivity contribution in [1.82, 2.24) is 25.4 Å². The number of halogens is 1. The summed E-state index contributed by atoms with van der Waals surface area (Å²) in [5.74, 6) is 0.723. The number of hydrogen-bond donors (Lipinski definition) is 2. The lowest BCUT2D eigenvalue weighted by molar-refractivity contribution is 0.212. The molecule has 2 N–H and O–H groups in total. The molecule has 1 fully saturated rings. The van der Waals surface area contributed by atoms with Crippen LogP contribution in [0.15, 0.2) is 30.6 Å². The van der Waals surface area contributed by atoms with Gasteiger partial charge in [-0.3, -0.25) is 0 Å². The van der Waals surface area contributed by atoms with Gasteiger partial charge in [-0.1, -0.05) is 30.2 Å². The summed E-state index contributed by atoms with van der Waals surface area (Å²) in [5.41, 5.74) is 1.26. The summed E-state index contributed by atoms with van der Waals surface area (Å²) in [6.45, 7) is 2.51. The van der Waals surface area contributed by atoms with Crippen molar-refractivity contribution < 1.29 is 4.79 Å². The topological polar surface area (TPSA) is 71.8 Å². The molecule has 7 heteroatoms. The molecule has 1 aliphatic rings. The van der Waals surface area contributed by atoms with Crippen molar-refractivity contribution >= 4 is 17.6 Å². The van der Waals surface area contributed by atoms with Gasteiger partial charge in [0.25, 0.3) is 0 Å². The zero-order valence-electron chi connectivity index (χ0n) is 13.9. The molecule has 1 atom stereocenters. The molecule has 0 unspecified atom stereocenters. The van der Waals surface area contributed by atoms with Gasteiger partial charge in [0.2, 0.25) is 0 Å². The number of amides is 2. The molecule has 24 heavy (non-hydrogen) atoms. The minimum atomic E-state index is -0.203. The minimum absolute atomic E-state index is 0.0238. The van der Waals surface area contributed by atoms with Crippen LogP contribution in [-0.4, -0.2) is 27.3 Å². The van der Waals surface area contributed by atoms with Gasteiger partial charge in [0.15, 0.2) is 5.82 Å². The molecular formula is C17H22ClN5O. The van der Waals surface area contributed by atoms with E-state index in [1.165, 1.54) is 12.0 Å². The Bertz CT molecular complexity index is 708. The summed E-state index contributed by atoms with van der Waals surface area (Å²) in [6, 6.07) is 7.54. The van der Waals surface area contributed by atoms with Gasteiger partial charge in [-0.25, -0.2) is 4.79 Å². The number of nitrogens with one attached hydrogen (secondary N) is 2. The van der Waals surface area contributed by atoms with Crippen LogP contribution in [0.1, 0.15) is 43.6 Å². The lowest BCUT2D eigenvalue weighted by Gasteiger charge is -2.42. The SMILES string of the molecule is C[C@@H](NC(=O)NCC1(c2ccc(Cl)cc2)CCC1)c1nncn1C. The largest absolute Gasteiger partial charge is 0.337 e. The Balaban J connectivity index is 1.58. The Hall–Kier alpha value is -2.08. The molecule has 0 saturated heterocycles. The van der Waals surface area contributed by atoms with Gasteiger partial charge < -0.3 is 15.2 Å². The fourth-order valence-electron chi connectivity index (χ4n) is 3.22. The molecule has 1 aromatic heterocycles. The van der Waals surface area contributed by atoms with Crippen LogP contribution in [0.5, 0.6) is 0 Å². The molecule has 0 aliphatic heterocycles. The van der Waals surface area contributed by atoms with Gasteiger partial charge in [-0.15, -0.1) is 10.2 Å². The maximum absolute atomic E-state index is 12.2. The van der Waals surface area contributed by atoms with Crippen LogP contribution in [0.3, 0.4) is 0 Å². The second-order valence-corrected chi connectivity index (χ2v) is 6.93. The van der Waals surface area contributed by atoms with Crippen LogP contribution in [0.25, 0.3) is 0 Å². The van der Waals surface area contributed by atoms with Crippen molar-refractivity contribution in [1.29, 1.82) is 0 Å². The number of aryl methyl sites for hydroxylation is 1. The molecule has 0 spiro atoms. The molecule has 6 nitrogen and oxygen atoms in total. The van der Waals surface area contributed by atoms with Crippen molar-refractivity contribution in [2.75, 3.05) is 6.54 Å². The number of carbonyl (C=O) groups is 1. The van der Waals surface area contributed by atoms with E-state index in [-0.39, 0.29) is 17.5 Å². The molecule has 2 amide bonds. The van der Waals surface area contributed by atoms with E-state index in [0.29, 0.717) is 6.54 Å². The zero-order valence-corrected chi connectivity index (χ0v) is 14.7. The van der Waals surface area contributed by atoms with Crippen molar-refractivity contribution in [3.8, 4) is 0 Å². The summed E-state index contributed by atoms with van der Waals surface area (Å²) in [4.78, 5) is 12.2. The van der Waals surface area contributed by atoms with Crippen LogP contribution in [0.2, 0.25) is 5.02 Å². The summed E-state index contributed by atoms with van der Waals surface area (Å²) < 4.78 is 1.80. The summed E-state index contributed by atoms with van der Waals surface area (Å²) in [5, 5.41) is 14.5. The van der Waals surface area contributed by atoms with Crippen LogP contribution < -0.4 is 10.6 Å². The second kappa shape index (κ2) is 6.81. The van der Waals surface area contributed by atoms with Gasteiger partial charge in [0, 0.05) is 24.0 Å². The molecule has 1 aliphatic carbocycles. The van der Waals surface area contributed by atoms with Crippen molar-refractivity contribution in [2.45, 2.75) is 37.6 Å². The Morgan fingerprint density at radius 2 is 2.08 bits per heavy atom. The molecule has 0 bridgehead atoms. The predicted molar refractivity (Wildman–Crippen MR) is 92.9 cm³/mol. The highest BCUT2D eigenvalue weighted by molar-refractivity contribution is 6.30. The first-order valence-electron chi connectivity index (χ1n) is 8.14. The van der Waals surface area contributed by atoms with E-state index < -0.39 is 0 Å². The summed E-state index contributed by atoms with van der Waals surface area (Å²) >= 11 is 5.98. The number of hydrogen-bond acceptors (Lipinski definition) is 3. The smallest absolute Gasteiger partial charge is 0.315 e. The highest BCUT2D eigenvalue weighted by Crippen LogP contribution is 2.43. The van der Waals surface area contributed by atoms with Crippen LogP contribution >= 0.6 is 11.6 Å².